The maximum Gasteiger partial charge on any atom is 0.418 e. The Morgan fingerprint density at radius 2 is 1.20 bits per heavy atom. The van der Waals surface area contributed by atoms with E-state index >= 15 is 0 Å². The Kier molecular flexibility index (Phi) is 4.95. The van der Waals surface area contributed by atoms with Crippen LogP contribution in [-0.4, -0.2) is 45.3 Å². The molecule has 0 bridgehead atoms. The van der Waals surface area contributed by atoms with Crippen molar-refractivity contribution in [2.45, 2.75) is 12.3 Å². The Labute approximate surface area is 146 Å². The van der Waals surface area contributed by atoms with Crippen LogP contribution in [0.3, 0.4) is 0 Å². The molecule has 2 aromatic rings. The predicted octanol–water partition coefficient (Wildman–Crippen LogP) is 2.40. The summed E-state index contributed by atoms with van der Waals surface area (Å²) in [5, 5.41) is 9.28. The fraction of sp³-hybridized carbons (Fsp3) is 0.333. The van der Waals surface area contributed by atoms with Crippen LogP contribution in [0.15, 0.2) is 48.5 Å². The number of alkyl halides is 3. The number of rotatable bonds is 3. The summed E-state index contributed by atoms with van der Waals surface area (Å²) in [7, 11) is 5.70. The van der Waals surface area contributed by atoms with Crippen LogP contribution in [0, 0.1) is 0 Å². The van der Waals surface area contributed by atoms with E-state index in [0.29, 0.717) is 0 Å². The molecule has 1 N–H and O–H groups in total. The molecule has 7 heteroatoms. The van der Waals surface area contributed by atoms with Crippen molar-refractivity contribution in [3.05, 3.63) is 54.1 Å². The van der Waals surface area contributed by atoms with E-state index in [4.69, 9.17) is 7.85 Å². The van der Waals surface area contributed by atoms with Crippen molar-refractivity contribution in [3.63, 3.8) is 0 Å². The zero-order valence-electron chi connectivity index (χ0n) is 13.6. The van der Waals surface area contributed by atoms with Gasteiger partial charge in [-0.2, -0.15) is 13.2 Å². The third-order valence-electron chi connectivity index (χ3n) is 4.42. The van der Waals surface area contributed by atoms with Gasteiger partial charge in [0.2, 0.25) is 0 Å². The van der Waals surface area contributed by atoms with Crippen LogP contribution in [0.5, 0.6) is 0 Å². The zero-order valence-corrected chi connectivity index (χ0v) is 13.6. The van der Waals surface area contributed by atoms with Gasteiger partial charge >= 0.3 is 6.18 Å². The number of aliphatic hydroxyl groups is 1. The summed E-state index contributed by atoms with van der Waals surface area (Å²) in [5.74, 6) is 0. The van der Waals surface area contributed by atoms with Gasteiger partial charge in [-0.3, -0.25) is 0 Å². The van der Waals surface area contributed by atoms with Crippen molar-refractivity contribution in [1.82, 2.24) is 0 Å². The molecule has 1 aliphatic rings. The van der Waals surface area contributed by atoms with E-state index < -0.39 is 12.3 Å². The first kappa shape index (κ1) is 17.7. The van der Waals surface area contributed by atoms with Gasteiger partial charge in [0.15, 0.2) is 6.10 Å². The molecule has 1 atom stereocenters. The Hall–Kier alpha value is -2.15. The molecule has 0 spiro atoms. The van der Waals surface area contributed by atoms with Gasteiger partial charge in [-0.15, -0.1) is 0 Å². The predicted molar refractivity (Wildman–Crippen MR) is 93.7 cm³/mol. The van der Waals surface area contributed by atoms with Gasteiger partial charge in [-0.05, 0) is 29.8 Å². The average Bonchev–Trinajstić information content (AvgIpc) is 2.61. The largest absolute Gasteiger partial charge is 0.418 e. The number of anilines is 2. The second-order valence-corrected chi connectivity index (χ2v) is 6.10. The molecule has 1 unspecified atom stereocenters. The number of piperazine rings is 1. The highest BCUT2D eigenvalue weighted by atomic mass is 19.4. The Morgan fingerprint density at radius 1 is 0.800 bits per heavy atom. The number of hydrogen-bond donors (Lipinski definition) is 1. The van der Waals surface area contributed by atoms with Crippen LogP contribution < -0.4 is 15.3 Å². The Morgan fingerprint density at radius 3 is 1.60 bits per heavy atom. The second-order valence-electron chi connectivity index (χ2n) is 6.10. The quantitative estimate of drug-likeness (QED) is 0.865. The molecule has 3 nitrogen and oxygen atoms in total. The van der Waals surface area contributed by atoms with Crippen molar-refractivity contribution in [3.8, 4) is 0 Å². The summed E-state index contributed by atoms with van der Waals surface area (Å²) in [6, 6.07) is 13.6. The molecule has 2 aromatic carbocycles. The third-order valence-corrected chi connectivity index (χ3v) is 4.42. The minimum atomic E-state index is -4.65. The lowest BCUT2D eigenvalue weighted by atomic mass is 9.96. The second kappa shape index (κ2) is 7.00. The van der Waals surface area contributed by atoms with Crippen molar-refractivity contribution in [1.29, 1.82) is 0 Å². The van der Waals surface area contributed by atoms with Crippen LogP contribution in [0.1, 0.15) is 11.7 Å². The topological polar surface area (TPSA) is 26.7 Å². The number of aliphatic hydroxyl groups excluding tert-OH is 1. The summed E-state index contributed by atoms with van der Waals surface area (Å²) in [6.07, 6.45) is -7.09. The van der Waals surface area contributed by atoms with E-state index in [1.54, 1.807) is 12.1 Å². The molecule has 2 radical (unpaired) electrons. The normalized spacial score (nSPS) is 16.8. The van der Waals surface area contributed by atoms with Gasteiger partial charge in [0.25, 0.3) is 0 Å². The number of hydrogen-bond acceptors (Lipinski definition) is 3. The maximum atomic E-state index is 12.5. The molecule has 1 fully saturated rings. The fourth-order valence-corrected chi connectivity index (χ4v) is 2.96. The fourth-order valence-electron chi connectivity index (χ4n) is 2.96. The minimum absolute atomic E-state index is 0.142. The summed E-state index contributed by atoms with van der Waals surface area (Å²) in [4.78, 5) is 4.37. The van der Waals surface area contributed by atoms with Gasteiger partial charge in [0.1, 0.15) is 7.85 Å². The average molecular weight is 346 g/mol. The number of benzene rings is 2. The summed E-state index contributed by atoms with van der Waals surface area (Å²) < 4.78 is 37.6. The maximum absolute atomic E-state index is 12.5. The van der Waals surface area contributed by atoms with Gasteiger partial charge in [-0.25, -0.2) is 0 Å². The van der Waals surface area contributed by atoms with Crippen molar-refractivity contribution in [2.24, 2.45) is 0 Å². The first-order chi connectivity index (χ1) is 11.8. The molecule has 0 saturated carbocycles. The molecule has 25 heavy (non-hydrogen) atoms. The van der Waals surface area contributed by atoms with Crippen LogP contribution in [0.4, 0.5) is 24.5 Å². The molecule has 0 aromatic heterocycles. The van der Waals surface area contributed by atoms with Gasteiger partial charge < -0.3 is 14.9 Å². The highest BCUT2D eigenvalue weighted by molar-refractivity contribution is 6.32. The molecule has 0 amide bonds. The lowest BCUT2D eigenvalue weighted by Crippen LogP contribution is -2.46. The SMILES string of the molecule is [B]c1ccc(N2CCN(c3ccc(C(O)C(F)(F)F)cc3)CC2)cc1. The summed E-state index contributed by atoms with van der Waals surface area (Å²) in [6.45, 7) is 3.17. The monoisotopic (exact) mass is 346 g/mol. The molecule has 0 aliphatic carbocycles. The standard InChI is InChI=1S/C18H18BF3N2O/c19-14-3-7-16(8-4-14)24-11-9-23(10-12-24)15-5-1-13(2-6-15)17(25)18(20,21)22/h1-8,17,25H,9-12H2. The molecule has 130 valence electrons. The van der Waals surface area contributed by atoms with Crippen molar-refractivity contribution >= 4 is 24.7 Å². The third kappa shape index (κ3) is 4.10. The van der Waals surface area contributed by atoms with Crippen LogP contribution in [0.25, 0.3) is 0 Å². The molecule has 3 rings (SSSR count). The van der Waals surface area contributed by atoms with Gasteiger partial charge in [-0.1, -0.05) is 29.7 Å². The highest BCUT2D eigenvalue weighted by Gasteiger charge is 2.39. The van der Waals surface area contributed by atoms with Crippen LogP contribution >= 0.6 is 0 Å². The Balaban J connectivity index is 1.62. The molecular weight excluding hydrogens is 328 g/mol. The van der Waals surface area contributed by atoms with Crippen molar-refractivity contribution in [2.75, 3.05) is 36.0 Å². The van der Waals surface area contributed by atoms with E-state index in [0.717, 1.165) is 43.0 Å². The molecule has 1 heterocycles. The molecule has 1 saturated heterocycles. The summed E-state index contributed by atoms with van der Waals surface area (Å²) in [5.41, 5.74) is 2.55. The Bertz CT molecular complexity index is 696. The minimum Gasteiger partial charge on any atom is -0.379 e. The lowest BCUT2D eigenvalue weighted by molar-refractivity contribution is -0.206. The van der Waals surface area contributed by atoms with Gasteiger partial charge in [0, 0.05) is 37.6 Å². The molecular formula is C18H18BF3N2O. The van der Waals surface area contributed by atoms with Crippen LogP contribution in [-0.2, 0) is 0 Å². The van der Waals surface area contributed by atoms with E-state index in [9.17, 15) is 18.3 Å². The zero-order chi connectivity index (χ0) is 18.0. The first-order valence-corrected chi connectivity index (χ1v) is 8.05. The lowest BCUT2D eigenvalue weighted by Gasteiger charge is -2.37. The summed E-state index contributed by atoms with van der Waals surface area (Å²) >= 11 is 0. The highest BCUT2D eigenvalue weighted by Crippen LogP contribution is 2.33. The van der Waals surface area contributed by atoms with E-state index in [1.807, 2.05) is 24.3 Å². The van der Waals surface area contributed by atoms with E-state index in [1.165, 1.54) is 12.1 Å². The van der Waals surface area contributed by atoms with Crippen molar-refractivity contribution < 1.29 is 18.3 Å². The first-order valence-electron chi connectivity index (χ1n) is 8.05. The smallest absolute Gasteiger partial charge is 0.379 e. The van der Waals surface area contributed by atoms with E-state index in [-0.39, 0.29) is 5.56 Å². The number of nitrogens with zero attached hydrogens (tertiary/aromatic N) is 2. The van der Waals surface area contributed by atoms with E-state index in [2.05, 4.69) is 9.80 Å². The molecule has 1 aliphatic heterocycles. The van der Waals surface area contributed by atoms with Crippen LogP contribution in [0.2, 0.25) is 0 Å². The number of halogens is 3. The van der Waals surface area contributed by atoms with Gasteiger partial charge in [0.05, 0.1) is 0 Å².